The number of ether oxygens (including phenoxy) is 1. The van der Waals surface area contributed by atoms with E-state index in [2.05, 4.69) is 0 Å². The number of sulfonamides is 1. The highest BCUT2D eigenvalue weighted by Gasteiger charge is 2.37. The molecule has 0 amide bonds. The summed E-state index contributed by atoms with van der Waals surface area (Å²) >= 11 is 0. The first kappa shape index (κ1) is 26.5. The van der Waals surface area contributed by atoms with Crippen molar-refractivity contribution in [3.63, 3.8) is 0 Å². The van der Waals surface area contributed by atoms with E-state index in [4.69, 9.17) is 4.74 Å². The summed E-state index contributed by atoms with van der Waals surface area (Å²) in [5.74, 6) is -0.953. The van der Waals surface area contributed by atoms with E-state index in [-0.39, 0.29) is 23.6 Å². The van der Waals surface area contributed by atoms with Crippen molar-refractivity contribution in [3.05, 3.63) is 125 Å². The lowest BCUT2D eigenvalue weighted by atomic mass is 9.92. The molecule has 0 saturated carbocycles. The van der Waals surface area contributed by atoms with Crippen LogP contribution in [0.1, 0.15) is 39.5 Å². The minimum Gasteiger partial charge on any atom is -0.457 e. The first-order chi connectivity index (χ1) is 18.8. The third-order valence-corrected chi connectivity index (χ3v) is 8.95. The Labute approximate surface area is 228 Å². The van der Waals surface area contributed by atoms with Gasteiger partial charge in [-0.1, -0.05) is 96.6 Å². The molecule has 0 radical (unpaired) electrons. The van der Waals surface area contributed by atoms with Crippen molar-refractivity contribution in [2.75, 3.05) is 13.2 Å². The third kappa shape index (κ3) is 5.85. The predicted molar refractivity (Wildman–Crippen MR) is 150 cm³/mol. The summed E-state index contributed by atoms with van der Waals surface area (Å²) in [5, 5.41) is 0. The van der Waals surface area contributed by atoms with Crippen molar-refractivity contribution in [1.82, 2.24) is 4.31 Å². The number of nitrogens with zero attached hydrogens (tertiary/aromatic N) is 1. The zero-order valence-corrected chi connectivity index (χ0v) is 22.4. The number of esters is 1. The first-order valence-corrected chi connectivity index (χ1v) is 14.3. The van der Waals surface area contributed by atoms with Gasteiger partial charge in [0.25, 0.3) is 0 Å². The van der Waals surface area contributed by atoms with Crippen LogP contribution >= 0.6 is 0 Å². The van der Waals surface area contributed by atoms with Crippen LogP contribution in [0.25, 0.3) is 11.1 Å². The van der Waals surface area contributed by atoms with Gasteiger partial charge in [0.05, 0.1) is 17.4 Å². The molecule has 39 heavy (non-hydrogen) atoms. The van der Waals surface area contributed by atoms with Crippen LogP contribution in [0.15, 0.2) is 108 Å². The normalized spacial score (nSPS) is 15.4. The molecule has 6 nitrogen and oxygen atoms in total. The monoisotopic (exact) mass is 539 g/mol. The van der Waals surface area contributed by atoms with Gasteiger partial charge in [0.2, 0.25) is 10.0 Å². The van der Waals surface area contributed by atoms with Gasteiger partial charge in [0.1, 0.15) is 0 Å². The Balaban J connectivity index is 1.30. The van der Waals surface area contributed by atoms with Gasteiger partial charge in [0.15, 0.2) is 12.4 Å². The maximum absolute atomic E-state index is 13.6. The second-order valence-corrected chi connectivity index (χ2v) is 11.5. The minimum absolute atomic E-state index is 0.181. The first-order valence-electron chi connectivity index (χ1n) is 12.8. The summed E-state index contributed by atoms with van der Waals surface area (Å²) in [7, 11) is -3.86. The lowest BCUT2D eigenvalue weighted by Crippen LogP contribution is -2.41. The summed E-state index contributed by atoms with van der Waals surface area (Å²) in [6.07, 6.45) is 0.354. The Morgan fingerprint density at radius 3 is 2.18 bits per heavy atom. The van der Waals surface area contributed by atoms with Crippen LogP contribution in [-0.2, 0) is 26.0 Å². The van der Waals surface area contributed by atoms with Crippen molar-refractivity contribution in [2.45, 2.75) is 30.7 Å². The van der Waals surface area contributed by atoms with E-state index in [1.165, 1.54) is 4.31 Å². The van der Waals surface area contributed by atoms with Crippen molar-refractivity contribution in [3.8, 4) is 11.1 Å². The number of benzene rings is 4. The zero-order valence-electron chi connectivity index (χ0n) is 21.6. The third-order valence-electron chi connectivity index (χ3n) is 7.03. The van der Waals surface area contributed by atoms with Gasteiger partial charge in [-0.15, -0.1) is 0 Å². The quantitative estimate of drug-likeness (QED) is 0.210. The average molecular weight is 540 g/mol. The maximum Gasteiger partial charge on any atom is 0.308 e. The standard InChI is InChI=1S/C32H29NO5S/c1-23-11-17-28(18-12-23)39(36,37)33-20-19-26-9-5-6-10-29(26)30(33)21-32(35)38-22-31(34)27-15-13-25(14-16-27)24-7-3-2-4-8-24/h2-18,30H,19-22H2,1H3. The Morgan fingerprint density at radius 1 is 0.821 bits per heavy atom. The van der Waals surface area contributed by atoms with Crippen molar-refractivity contribution < 1.29 is 22.7 Å². The molecule has 198 valence electrons. The lowest BCUT2D eigenvalue weighted by molar-refractivity contribution is -0.143. The Morgan fingerprint density at radius 2 is 1.46 bits per heavy atom. The van der Waals surface area contributed by atoms with Crippen LogP contribution in [0.5, 0.6) is 0 Å². The molecule has 7 heteroatoms. The molecule has 1 unspecified atom stereocenters. The number of fused-ring (bicyclic) bond motifs is 1. The van der Waals surface area contributed by atoms with E-state index in [1.54, 1.807) is 36.4 Å². The molecule has 0 spiro atoms. The molecule has 1 aliphatic rings. The number of rotatable bonds is 8. The number of Topliss-reactive ketones (excluding diaryl/α,β-unsaturated/α-hetero) is 1. The van der Waals surface area contributed by atoms with Gasteiger partial charge < -0.3 is 4.74 Å². The summed E-state index contributed by atoms with van der Waals surface area (Å²) in [6.45, 7) is 1.73. The molecule has 0 bridgehead atoms. The molecule has 0 aliphatic carbocycles. The fourth-order valence-corrected chi connectivity index (χ4v) is 6.50. The van der Waals surface area contributed by atoms with Gasteiger partial charge in [-0.3, -0.25) is 9.59 Å². The van der Waals surface area contributed by atoms with Gasteiger partial charge in [-0.25, -0.2) is 8.42 Å². The highest BCUT2D eigenvalue weighted by atomic mass is 32.2. The molecule has 1 heterocycles. The Hall–Kier alpha value is -4.07. The van der Waals surface area contributed by atoms with Gasteiger partial charge in [-0.2, -0.15) is 4.31 Å². The molecule has 0 N–H and O–H groups in total. The van der Waals surface area contributed by atoms with E-state index in [0.717, 1.165) is 27.8 Å². The fourth-order valence-electron chi connectivity index (χ4n) is 4.90. The van der Waals surface area contributed by atoms with Crippen LogP contribution < -0.4 is 0 Å². The largest absolute Gasteiger partial charge is 0.457 e. The SMILES string of the molecule is Cc1ccc(S(=O)(=O)N2CCc3ccccc3C2CC(=O)OCC(=O)c2ccc(-c3ccccc3)cc2)cc1. The fraction of sp³-hybridized carbons (Fsp3) is 0.188. The highest BCUT2D eigenvalue weighted by molar-refractivity contribution is 7.89. The Kier molecular flexibility index (Phi) is 7.72. The second kappa shape index (κ2) is 11.4. The smallest absolute Gasteiger partial charge is 0.308 e. The van der Waals surface area contributed by atoms with E-state index in [0.29, 0.717) is 12.0 Å². The van der Waals surface area contributed by atoms with Crippen molar-refractivity contribution >= 4 is 21.8 Å². The van der Waals surface area contributed by atoms with E-state index in [1.807, 2.05) is 73.7 Å². The van der Waals surface area contributed by atoms with Crippen LogP contribution in [0.4, 0.5) is 0 Å². The number of carbonyl (C=O) groups is 2. The van der Waals surface area contributed by atoms with Gasteiger partial charge in [-0.05, 0) is 47.7 Å². The molecule has 1 atom stereocenters. The summed E-state index contributed by atoms with van der Waals surface area (Å²) in [6, 6.07) is 30.5. The number of hydrogen-bond acceptors (Lipinski definition) is 5. The van der Waals surface area contributed by atoms with Crippen LogP contribution in [0, 0.1) is 6.92 Å². The number of hydrogen-bond donors (Lipinski definition) is 0. The topological polar surface area (TPSA) is 80.8 Å². The molecular weight excluding hydrogens is 510 g/mol. The van der Waals surface area contributed by atoms with Gasteiger partial charge >= 0.3 is 5.97 Å². The molecule has 0 aromatic heterocycles. The van der Waals surface area contributed by atoms with Crippen LogP contribution in [0.3, 0.4) is 0 Å². The van der Waals surface area contributed by atoms with Crippen molar-refractivity contribution in [2.24, 2.45) is 0 Å². The lowest BCUT2D eigenvalue weighted by Gasteiger charge is -2.36. The van der Waals surface area contributed by atoms with E-state index >= 15 is 0 Å². The maximum atomic E-state index is 13.6. The average Bonchev–Trinajstić information content (AvgIpc) is 2.97. The number of carbonyl (C=O) groups excluding carboxylic acids is 2. The number of aryl methyl sites for hydroxylation is 1. The predicted octanol–water partition coefficient (Wildman–Crippen LogP) is 5.77. The van der Waals surface area contributed by atoms with E-state index in [9.17, 15) is 18.0 Å². The van der Waals surface area contributed by atoms with Crippen LogP contribution in [0.2, 0.25) is 0 Å². The molecule has 1 aliphatic heterocycles. The molecule has 0 saturated heterocycles. The highest BCUT2D eigenvalue weighted by Crippen LogP contribution is 2.36. The second-order valence-electron chi connectivity index (χ2n) is 9.62. The van der Waals surface area contributed by atoms with Crippen molar-refractivity contribution in [1.29, 1.82) is 0 Å². The molecule has 0 fully saturated rings. The Bertz CT molecular complexity index is 1580. The number of ketones is 1. The molecular formula is C32H29NO5S. The zero-order chi connectivity index (χ0) is 27.4. The summed E-state index contributed by atoms with van der Waals surface area (Å²) < 4.78 is 33.9. The van der Waals surface area contributed by atoms with Gasteiger partial charge in [0, 0.05) is 12.1 Å². The van der Waals surface area contributed by atoms with Crippen LogP contribution in [-0.4, -0.2) is 37.6 Å². The van der Waals surface area contributed by atoms with E-state index < -0.39 is 28.6 Å². The summed E-state index contributed by atoms with van der Waals surface area (Å²) in [5.41, 5.74) is 5.20. The molecule has 4 aromatic carbocycles. The molecule has 4 aromatic rings. The molecule has 5 rings (SSSR count). The minimum atomic E-state index is -3.86. The summed E-state index contributed by atoms with van der Waals surface area (Å²) in [4.78, 5) is 25.9.